The van der Waals surface area contributed by atoms with E-state index < -0.39 is 10.2 Å². The molecule has 6 heteroatoms. The van der Waals surface area contributed by atoms with Crippen LogP contribution >= 0.6 is 0 Å². The second kappa shape index (κ2) is 5.79. The fourth-order valence-corrected chi connectivity index (χ4v) is 3.42. The molecule has 1 heterocycles. The van der Waals surface area contributed by atoms with Gasteiger partial charge in [0, 0.05) is 25.7 Å². The molecule has 0 aromatic rings. The first-order valence-electron chi connectivity index (χ1n) is 5.58. The first-order chi connectivity index (χ1) is 7.11. The lowest BCUT2D eigenvalue weighted by Gasteiger charge is -2.33. The van der Waals surface area contributed by atoms with Gasteiger partial charge in [-0.2, -0.15) is 12.7 Å². The standard InChI is InChI=1S/C9H21N3O2S/c1-2-6-11-15(13,14)12-7-4-3-5-9(12)8-10/h9,11H,2-8,10H2,1H3. The largest absolute Gasteiger partial charge is 0.329 e. The van der Waals surface area contributed by atoms with Crippen LogP contribution in [0.3, 0.4) is 0 Å². The Morgan fingerprint density at radius 1 is 1.47 bits per heavy atom. The van der Waals surface area contributed by atoms with Gasteiger partial charge >= 0.3 is 0 Å². The summed E-state index contributed by atoms with van der Waals surface area (Å²) in [5.74, 6) is 0. The van der Waals surface area contributed by atoms with Crippen molar-refractivity contribution in [3.05, 3.63) is 0 Å². The highest BCUT2D eigenvalue weighted by molar-refractivity contribution is 7.87. The molecule has 0 radical (unpaired) electrons. The zero-order chi connectivity index (χ0) is 11.3. The molecule has 3 N–H and O–H groups in total. The zero-order valence-electron chi connectivity index (χ0n) is 9.28. The fourth-order valence-electron chi connectivity index (χ4n) is 1.84. The molecule has 15 heavy (non-hydrogen) atoms. The minimum atomic E-state index is -3.30. The Labute approximate surface area is 92.2 Å². The first kappa shape index (κ1) is 12.9. The van der Waals surface area contributed by atoms with Crippen LogP contribution in [0.15, 0.2) is 0 Å². The van der Waals surface area contributed by atoms with Gasteiger partial charge in [-0.3, -0.25) is 0 Å². The lowest BCUT2D eigenvalue weighted by molar-refractivity contribution is 0.254. The maximum atomic E-state index is 11.9. The summed E-state index contributed by atoms with van der Waals surface area (Å²) in [6.45, 7) is 3.45. The Bertz CT molecular complexity index is 279. The molecule has 1 atom stereocenters. The van der Waals surface area contributed by atoms with E-state index in [1.807, 2.05) is 6.92 Å². The second-order valence-electron chi connectivity index (χ2n) is 3.90. The van der Waals surface area contributed by atoms with Crippen molar-refractivity contribution in [3.8, 4) is 0 Å². The highest BCUT2D eigenvalue weighted by Crippen LogP contribution is 2.18. The Hall–Kier alpha value is -0.170. The minimum Gasteiger partial charge on any atom is -0.329 e. The molecule has 0 saturated carbocycles. The summed E-state index contributed by atoms with van der Waals surface area (Å²) >= 11 is 0. The van der Waals surface area contributed by atoms with Gasteiger partial charge in [-0.15, -0.1) is 0 Å². The number of nitrogens with one attached hydrogen (secondary N) is 1. The van der Waals surface area contributed by atoms with E-state index in [0.29, 0.717) is 19.6 Å². The smallest absolute Gasteiger partial charge is 0.279 e. The molecule has 0 bridgehead atoms. The summed E-state index contributed by atoms with van der Waals surface area (Å²) < 4.78 is 27.9. The van der Waals surface area contributed by atoms with Crippen LogP contribution in [0.4, 0.5) is 0 Å². The lowest BCUT2D eigenvalue weighted by Crippen LogP contribution is -2.51. The molecule has 1 fully saturated rings. The molecule has 0 aromatic heterocycles. The minimum absolute atomic E-state index is 0.0203. The van der Waals surface area contributed by atoms with Crippen molar-refractivity contribution in [2.45, 2.75) is 38.6 Å². The molecule has 1 aliphatic rings. The topological polar surface area (TPSA) is 75.4 Å². The highest BCUT2D eigenvalue weighted by atomic mass is 32.2. The molecule has 90 valence electrons. The van der Waals surface area contributed by atoms with Crippen molar-refractivity contribution in [2.75, 3.05) is 19.6 Å². The molecule has 1 saturated heterocycles. The van der Waals surface area contributed by atoms with Crippen LogP contribution in [0.5, 0.6) is 0 Å². The molecule has 5 nitrogen and oxygen atoms in total. The van der Waals surface area contributed by atoms with E-state index >= 15 is 0 Å². The molecule has 0 aromatic carbocycles. The summed E-state index contributed by atoms with van der Waals surface area (Å²) in [7, 11) is -3.30. The van der Waals surface area contributed by atoms with Crippen molar-refractivity contribution >= 4 is 10.2 Å². The van der Waals surface area contributed by atoms with E-state index in [9.17, 15) is 8.42 Å². The van der Waals surface area contributed by atoms with Crippen molar-refractivity contribution in [2.24, 2.45) is 5.73 Å². The zero-order valence-corrected chi connectivity index (χ0v) is 10.1. The van der Waals surface area contributed by atoms with Gasteiger partial charge in [-0.05, 0) is 19.3 Å². The van der Waals surface area contributed by atoms with Gasteiger partial charge in [-0.1, -0.05) is 13.3 Å². The predicted molar refractivity (Wildman–Crippen MR) is 60.6 cm³/mol. The molecule has 0 amide bonds. The van der Waals surface area contributed by atoms with E-state index in [1.165, 1.54) is 4.31 Å². The molecule has 0 spiro atoms. The molecule has 1 unspecified atom stereocenters. The fraction of sp³-hybridized carbons (Fsp3) is 1.00. The van der Waals surface area contributed by atoms with Crippen LogP contribution in [-0.4, -0.2) is 38.4 Å². The third kappa shape index (κ3) is 3.41. The van der Waals surface area contributed by atoms with Gasteiger partial charge < -0.3 is 5.73 Å². The van der Waals surface area contributed by atoms with Crippen LogP contribution in [0, 0.1) is 0 Å². The van der Waals surface area contributed by atoms with Crippen molar-refractivity contribution < 1.29 is 8.42 Å². The Kier molecular flexibility index (Phi) is 4.98. The Morgan fingerprint density at radius 2 is 2.20 bits per heavy atom. The highest BCUT2D eigenvalue weighted by Gasteiger charge is 2.30. The van der Waals surface area contributed by atoms with Gasteiger partial charge in [0.05, 0.1) is 0 Å². The van der Waals surface area contributed by atoms with E-state index in [-0.39, 0.29) is 6.04 Å². The number of nitrogens with two attached hydrogens (primary N) is 1. The van der Waals surface area contributed by atoms with Crippen LogP contribution in [0.2, 0.25) is 0 Å². The van der Waals surface area contributed by atoms with E-state index in [4.69, 9.17) is 5.73 Å². The molecule has 1 aliphatic heterocycles. The number of hydrogen-bond acceptors (Lipinski definition) is 3. The van der Waals surface area contributed by atoms with E-state index in [2.05, 4.69) is 4.72 Å². The van der Waals surface area contributed by atoms with Crippen molar-refractivity contribution in [3.63, 3.8) is 0 Å². The third-order valence-electron chi connectivity index (χ3n) is 2.69. The SMILES string of the molecule is CCCNS(=O)(=O)N1CCCCC1CN. The van der Waals surface area contributed by atoms with Gasteiger partial charge in [0.25, 0.3) is 10.2 Å². The maximum Gasteiger partial charge on any atom is 0.279 e. The third-order valence-corrected chi connectivity index (χ3v) is 4.36. The summed E-state index contributed by atoms with van der Waals surface area (Å²) in [4.78, 5) is 0. The second-order valence-corrected chi connectivity index (χ2v) is 5.60. The van der Waals surface area contributed by atoms with Crippen LogP contribution in [0.1, 0.15) is 32.6 Å². The lowest BCUT2D eigenvalue weighted by atomic mass is 10.1. The summed E-state index contributed by atoms with van der Waals surface area (Å²) in [6.07, 6.45) is 3.69. The molecular formula is C9H21N3O2S. The quantitative estimate of drug-likeness (QED) is 0.706. The maximum absolute atomic E-state index is 11.9. The molecule has 0 aliphatic carbocycles. The predicted octanol–water partition coefficient (Wildman–Crippen LogP) is 0.0440. The number of piperidine rings is 1. The van der Waals surface area contributed by atoms with Crippen LogP contribution in [-0.2, 0) is 10.2 Å². The Morgan fingerprint density at radius 3 is 2.80 bits per heavy atom. The average Bonchev–Trinajstić information content (AvgIpc) is 2.26. The van der Waals surface area contributed by atoms with Gasteiger partial charge in [0.1, 0.15) is 0 Å². The number of nitrogens with zero attached hydrogens (tertiary/aromatic N) is 1. The average molecular weight is 235 g/mol. The van der Waals surface area contributed by atoms with E-state index in [1.54, 1.807) is 0 Å². The summed E-state index contributed by atoms with van der Waals surface area (Å²) in [5, 5.41) is 0. The molecular weight excluding hydrogens is 214 g/mol. The van der Waals surface area contributed by atoms with Crippen molar-refractivity contribution in [1.82, 2.24) is 9.03 Å². The normalized spacial score (nSPS) is 24.3. The summed E-state index contributed by atoms with van der Waals surface area (Å²) in [6, 6.07) is -0.0203. The van der Waals surface area contributed by atoms with Crippen LogP contribution in [0.25, 0.3) is 0 Å². The van der Waals surface area contributed by atoms with Crippen molar-refractivity contribution in [1.29, 1.82) is 0 Å². The molecule has 1 rings (SSSR count). The number of rotatable bonds is 5. The summed E-state index contributed by atoms with van der Waals surface area (Å²) in [5.41, 5.74) is 5.59. The first-order valence-corrected chi connectivity index (χ1v) is 7.02. The van der Waals surface area contributed by atoms with Gasteiger partial charge in [-0.25, -0.2) is 4.72 Å². The van der Waals surface area contributed by atoms with E-state index in [0.717, 1.165) is 25.7 Å². The Balaban J connectivity index is 2.65. The van der Waals surface area contributed by atoms with Gasteiger partial charge in [0.2, 0.25) is 0 Å². The van der Waals surface area contributed by atoms with Crippen LogP contribution < -0.4 is 10.5 Å². The number of hydrogen-bond donors (Lipinski definition) is 2. The van der Waals surface area contributed by atoms with Gasteiger partial charge in [0.15, 0.2) is 0 Å². The monoisotopic (exact) mass is 235 g/mol.